The van der Waals surface area contributed by atoms with E-state index >= 15 is 0 Å². The Morgan fingerprint density at radius 2 is 1.69 bits per heavy atom. The van der Waals surface area contributed by atoms with Crippen molar-refractivity contribution in [3.63, 3.8) is 0 Å². The first-order chi connectivity index (χ1) is 15.7. The Morgan fingerprint density at radius 1 is 0.969 bits per heavy atom. The van der Waals surface area contributed by atoms with Gasteiger partial charge in [-0.2, -0.15) is 0 Å². The number of nitrogens with zero attached hydrogens (tertiary/aromatic N) is 1. The second-order valence-corrected chi connectivity index (χ2v) is 7.80. The second kappa shape index (κ2) is 8.18. The maximum absolute atomic E-state index is 13.6. The summed E-state index contributed by atoms with van der Waals surface area (Å²) in [7, 11) is 1.63. The average molecular weight is 419 g/mol. The number of benzene rings is 3. The highest BCUT2D eigenvalue weighted by molar-refractivity contribution is 6.18. The molecule has 2 aliphatic heterocycles. The Bertz CT molecular complexity index is 1300. The van der Waals surface area contributed by atoms with Gasteiger partial charge in [0.05, 0.1) is 30.0 Å². The largest absolute Gasteiger partial charge is 0.497 e. The molecule has 0 saturated heterocycles. The van der Waals surface area contributed by atoms with Gasteiger partial charge in [-0.05, 0) is 29.3 Å². The Hall–Kier alpha value is -4.14. The molecule has 1 atom stereocenters. The standard InChI is InChI=1S/C28H21NO3/c1-32-23-13-11-20(12-14-23)25-17-22(18-30)26(28(31)21-8-3-2-4-9-21)27-24-10-6-5-7-19(24)15-16-29(25)27/h2-16,25H,17H2,1H3. The molecular weight excluding hydrogens is 398 g/mol. The van der Waals surface area contributed by atoms with E-state index in [4.69, 9.17) is 4.74 Å². The van der Waals surface area contributed by atoms with E-state index < -0.39 is 0 Å². The van der Waals surface area contributed by atoms with E-state index in [0.717, 1.165) is 28.1 Å². The van der Waals surface area contributed by atoms with Gasteiger partial charge in [-0.25, -0.2) is 4.79 Å². The predicted octanol–water partition coefficient (Wildman–Crippen LogP) is 5.48. The van der Waals surface area contributed by atoms with Crippen LogP contribution in [0, 0.1) is 0 Å². The van der Waals surface area contributed by atoms with Gasteiger partial charge in [-0.15, -0.1) is 0 Å². The molecule has 2 aliphatic rings. The highest BCUT2D eigenvalue weighted by Gasteiger charge is 2.37. The van der Waals surface area contributed by atoms with Crippen molar-refractivity contribution in [3.8, 4) is 5.75 Å². The fourth-order valence-corrected chi connectivity index (χ4v) is 4.47. The van der Waals surface area contributed by atoms with E-state index in [9.17, 15) is 9.59 Å². The van der Waals surface area contributed by atoms with Gasteiger partial charge in [0.2, 0.25) is 0 Å². The minimum absolute atomic E-state index is 0.135. The zero-order valence-corrected chi connectivity index (χ0v) is 17.6. The molecule has 0 radical (unpaired) electrons. The quantitative estimate of drug-likeness (QED) is 0.415. The van der Waals surface area contributed by atoms with Crippen molar-refractivity contribution in [2.45, 2.75) is 12.5 Å². The summed E-state index contributed by atoms with van der Waals surface area (Å²) in [6.45, 7) is 0. The van der Waals surface area contributed by atoms with E-state index in [1.54, 1.807) is 19.2 Å². The number of rotatable bonds is 4. The summed E-state index contributed by atoms with van der Waals surface area (Å²) in [5.41, 5.74) is 5.10. The van der Waals surface area contributed by atoms with Crippen molar-refractivity contribution in [2.75, 3.05) is 7.11 Å². The fourth-order valence-electron chi connectivity index (χ4n) is 4.47. The van der Waals surface area contributed by atoms with Gasteiger partial charge in [0.15, 0.2) is 5.78 Å². The second-order valence-electron chi connectivity index (χ2n) is 7.80. The summed E-state index contributed by atoms with van der Waals surface area (Å²) >= 11 is 0. The van der Waals surface area contributed by atoms with Crippen LogP contribution in [0.15, 0.2) is 96.2 Å². The van der Waals surface area contributed by atoms with Crippen molar-refractivity contribution in [1.82, 2.24) is 4.90 Å². The number of allylic oxidation sites excluding steroid dienone is 1. The van der Waals surface area contributed by atoms with Crippen LogP contribution in [0.4, 0.5) is 0 Å². The lowest BCUT2D eigenvalue weighted by Crippen LogP contribution is -2.32. The van der Waals surface area contributed by atoms with Crippen molar-refractivity contribution in [3.05, 3.63) is 118 Å². The third-order valence-electron chi connectivity index (χ3n) is 6.05. The van der Waals surface area contributed by atoms with Crippen LogP contribution in [-0.4, -0.2) is 23.7 Å². The molecule has 0 bridgehead atoms. The first kappa shape index (κ1) is 19.8. The number of hydrogen-bond donors (Lipinski definition) is 0. The van der Waals surface area contributed by atoms with Crippen molar-refractivity contribution in [1.29, 1.82) is 0 Å². The van der Waals surface area contributed by atoms with E-state index in [0.29, 0.717) is 23.1 Å². The molecule has 0 aromatic heterocycles. The fraction of sp³-hybridized carbons (Fsp3) is 0.107. The van der Waals surface area contributed by atoms with Gasteiger partial charge in [0.1, 0.15) is 11.7 Å². The smallest absolute Gasteiger partial charge is 0.196 e. The van der Waals surface area contributed by atoms with Crippen LogP contribution >= 0.6 is 0 Å². The normalized spacial score (nSPS) is 16.8. The van der Waals surface area contributed by atoms with Crippen LogP contribution in [0.1, 0.15) is 39.5 Å². The molecule has 156 valence electrons. The summed E-state index contributed by atoms with van der Waals surface area (Å²) in [5.74, 6) is 2.71. The predicted molar refractivity (Wildman–Crippen MR) is 125 cm³/mol. The number of ether oxygens (including phenoxy) is 1. The van der Waals surface area contributed by atoms with Crippen LogP contribution in [0.2, 0.25) is 0 Å². The maximum atomic E-state index is 13.6. The zero-order valence-electron chi connectivity index (χ0n) is 17.6. The minimum atomic E-state index is -0.165. The highest BCUT2D eigenvalue weighted by atomic mass is 16.5. The molecule has 3 aromatic carbocycles. The number of ketones is 1. The maximum Gasteiger partial charge on any atom is 0.196 e. The zero-order chi connectivity index (χ0) is 22.1. The third kappa shape index (κ3) is 3.27. The molecule has 32 heavy (non-hydrogen) atoms. The van der Waals surface area contributed by atoms with Gasteiger partial charge >= 0.3 is 0 Å². The third-order valence-corrected chi connectivity index (χ3v) is 6.05. The number of carbonyl (C=O) groups is 1. The molecule has 4 nitrogen and oxygen atoms in total. The monoisotopic (exact) mass is 419 g/mol. The van der Waals surface area contributed by atoms with Gasteiger partial charge < -0.3 is 9.64 Å². The van der Waals surface area contributed by atoms with Gasteiger partial charge in [-0.3, -0.25) is 4.79 Å². The number of hydrogen-bond acceptors (Lipinski definition) is 4. The summed E-state index contributed by atoms with van der Waals surface area (Å²) < 4.78 is 5.30. The first-order valence-electron chi connectivity index (χ1n) is 10.5. The highest BCUT2D eigenvalue weighted by Crippen LogP contribution is 2.47. The first-order valence-corrected chi connectivity index (χ1v) is 10.5. The molecule has 0 aliphatic carbocycles. The van der Waals surface area contributed by atoms with Crippen molar-refractivity contribution < 1.29 is 14.3 Å². The molecule has 0 fully saturated rings. The number of carbonyl (C=O) groups excluding carboxylic acids is 2. The Morgan fingerprint density at radius 3 is 2.41 bits per heavy atom. The Kier molecular flexibility index (Phi) is 5.06. The molecule has 1 unspecified atom stereocenters. The van der Waals surface area contributed by atoms with E-state index in [1.807, 2.05) is 72.9 Å². The lowest BCUT2D eigenvalue weighted by atomic mass is 9.81. The van der Waals surface area contributed by atoms with Crippen LogP contribution in [0.3, 0.4) is 0 Å². The average Bonchev–Trinajstić information content (AvgIpc) is 2.87. The molecule has 0 saturated carbocycles. The minimum Gasteiger partial charge on any atom is -0.497 e. The van der Waals surface area contributed by atoms with Crippen molar-refractivity contribution >= 4 is 23.5 Å². The van der Waals surface area contributed by atoms with E-state index in [1.165, 1.54) is 0 Å². The van der Waals surface area contributed by atoms with Gasteiger partial charge in [0.25, 0.3) is 0 Å². The van der Waals surface area contributed by atoms with E-state index in [-0.39, 0.29) is 11.8 Å². The molecule has 0 N–H and O–H groups in total. The molecule has 3 aromatic rings. The van der Waals surface area contributed by atoms with E-state index in [2.05, 4.69) is 16.9 Å². The van der Waals surface area contributed by atoms with Crippen LogP contribution in [0.5, 0.6) is 5.75 Å². The summed E-state index contributed by atoms with van der Waals surface area (Å²) in [6.07, 6.45) is 4.45. The van der Waals surface area contributed by atoms with Gasteiger partial charge in [0, 0.05) is 23.7 Å². The molecule has 0 amide bonds. The topological polar surface area (TPSA) is 46.6 Å². The lowest BCUT2D eigenvalue weighted by molar-refractivity contribution is 0.103. The number of Topliss-reactive ketones (excluding diaryl/α,β-unsaturated/α-hetero) is 1. The number of methoxy groups -OCH3 is 1. The molecule has 5 rings (SSSR count). The Balaban J connectivity index is 1.73. The van der Waals surface area contributed by atoms with Crippen molar-refractivity contribution in [2.24, 2.45) is 0 Å². The van der Waals surface area contributed by atoms with Gasteiger partial charge in [-0.1, -0.05) is 66.7 Å². The summed E-state index contributed by atoms with van der Waals surface area (Å²) in [5, 5.41) is 0. The summed E-state index contributed by atoms with van der Waals surface area (Å²) in [6, 6.07) is 24.7. The van der Waals surface area contributed by atoms with Crippen LogP contribution in [0.25, 0.3) is 11.8 Å². The van der Waals surface area contributed by atoms with Crippen LogP contribution in [-0.2, 0) is 4.79 Å². The lowest BCUT2D eigenvalue weighted by Gasteiger charge is -2.41. The Labute approximate surface area is 186 Å². The summed E-state index contributed by atoms with van der Waals surface area (Å²) in [4.78, 5) is 27.9. The SMILES string of the molecule is COc1ccc(C2CC(=C=O)C(C(=O)c3ccccc3)=C3c4ccccc4C=CN32)cc1. The molecule has 4 heteroatoms. The molecular formula is C28H21NO3. The molecule has 2 heterocycles. The molecule has 0 spiro atoms. The van der Waals surface area contributed by atoms with Crippen LogP contribution < -0.4 is 4.74 Å². The number of fused-ring (bicyclic) bond motifs is 3.